The normalized spacial score (nSPS) is 26.2. The number of rotatable bonds is 3. The molecule has 1 unspecified atom stereocenters. The van der Waals surface area contributed by atoms with Gasteiger partial charge in [0.25, 0.3) is 0 Å². The van der Waals surface area contributed by atoms with Gasteiger partial charge >= 0.3 is 0 Å². The van der Waals surface area contributed by atoms with E-state index < -0.39 is 0 Å². The molecular weight excluding hydrogens is 302 g/mol. The quantitative estimate of drug-likeness (QED) is 0.839. The smallest absolute Gasteiger partial charge is 0.227 e. The maximum Gasteiger partial charge on any atom is 0.227 e. The van der Waals surface area contributed by atoms with Gasteiger partial charge in [-0.15, -0.1) is 0 Å². The molecule has 2 aliphatic heterocycles. The van der Waals surface area contributed by atoms with E-state index in [0.717, 1.165) is 51.0 Å². The molecule has 1 aliphatic carbocycles. The number of carbonyl (C=O) groups is 1. The van der Waals surface area contributed by atoms with Crippen LogP contribution in [-0.2, 0) is 4.79 Å². The summed E-state index contributed by atoms with van der Waals surface area (Å²) in [5, 5.41) is 0. The van der Waals surface area contributed by atoms with Gasteiger partial charge in [0.1, 0.15) is 5.82 Å². The van der Waals surface area contributed by atoms with Crippen molar-refractivity contribution in [2.75, 3.05) is 44.2 Å². The highest BCUT2D eigenvalue weighted by molar-refractivity contribution is 5.79. The first kappa shape index (κ1) is 15.8. The molecule has 1 aromatic rings. The van der Waals surface area contributed by atoms with Gasteiger partial charge in [-0.25, -0.2) is 4.98 Å². The lowest BCUT2D eigenvalue weighted by molar-refractivity contribution is -0.138. The Hall–Kier alpha value is -1.69. The first-order chi connectivity index (χ1) is 11.8. The summed E-state index contributed by atoms with van der Waals surface area (Å²) in [7, 11) is 0. The zero-order chi connectivity index (χ0) is 16.4. The second-order valence-electron chi connectivity index (χ2n) is 7.29. The van der Waals surface area contributed by atoms with Crippen LogP contribution < -0.4 is 4.90 Å². The monoisotopic (exact) mass is 329 g/mol. The molecule has 24 heavy (non-hydrogen) atoms. The number of amides is 1. The Morgan fingerprint density at radius 2 is 1.83 bits per heavy atom. The summed E-state index contributed by atoms with van der Waals surface area (Å²) in [5.74, 6) is 1.50. The van der Waals surface area contributed by atoms with Gasteiger partial charge in [0.15, 0.2) is 0 Å². The van der Waals surface area contributed by atoms with Crippen LogP contribution in [0.25, 0.3) is 0 Å². The molecule has 1 saturated carbocycles. The third kappa shape index (κ3) is 3.24. The van der Waals surface area contributed by atoms with E-state index in [-0.39, 0.29) is 5.92 Å². The van der Waals surface area contributed by atoms with Crippen molar-refractivity contribution in [3.63, 3.8) is 0 Å². The number of carbonyl (C=O) groups excluding carboxylic acids is 1. The van der Waals surface area contributed by atoms with Gasteiger partial charge in [0.05, 0.1) is 12.1 Å². The lowest BCUT2D eigenvalue weighted by Crippen LogP contribution is -2.54. The Labute approximate surface area is 143 Å². The Bertz CT molecular complexity index is 554. The predicted molar refractivity (Wildman–Crippen MR) is 92.8 cm³/mol. The molecule has 0 aromatic carbocycles. The Morgan fingerprint density at radius 3 is 2.50 bits per heavy atom. The van der Waals surface area contributed by atoms with Crippen LogP contribution in [0.5, 0.6) is 0 Å². The SMILES string of the molecule is O=C(C1CCCN(C2CCC2)C1)N1CCN(c2cnccn2)CC1. The Balaban J connectivity index is 1.31. The molecule has 2 saturated heterocycles. The molecule has 0 N–H and O–H groups in total. The van der Waals surface area contributed by atoms with Crippen LogP contribution in [0.4, 0.5) is 5.82 Å². The maximum atomic E-state index is 12.9. The van der Waals surface area contributed by atoms with E-state index in [2.05, 4.69) is 24.7 Å². The molecule has 0 bridgehead atoms. The minimum absolute atomic E-state index is 0.211. The van der Waals surface area contributed by atoms with E-state index in [9.17, 15) is 4.79 Å². The lowest BCUT2D eigenvalue weighted by Gasteiger charge is -2.43. The Kier molecular flexibility index (Phi) is 4.65. The molecule has 4 rings (SSSR count). The molecule has 1 amide bonds. The number of likely N-dealkylation sites (tertiary alicyclic amines) is 1. The second kappa shape index (κ2) is 7.05. The number of piperidine rings is 1. The summed E-state index contributed by atoms with van der Waals surface area (Å²) >= 11 is 0. The molecule has 3 aliphatic rings. The second-order valence-corrected chi connectivity index (χ2v) is 7.29. The van der Waals surface area contributed by atoms with Gasteiger partial charge in [-0.3, -0.25) is 14.7 Å². The lowest BCUT2D eigenvalue weighted by atomic mass is 9.87. The molecule has 1 aromatic heterocycles. The van der Waals surface area contributed by atoms with Crippen LogP contribution >= 0.6 is 0 Å². The molecule has 1 atom stereocenters. The van der Waals surface area contributed by atoms with Crippen molar-refractivity contribution in [3.05, 3.63) is 18.6 Å². The zero-order valence-electron chi connectivity index (χ0n) is 14.3. The van der Waals surface area contributed by atoms with Crippen LogP contribution in [0.15, 0.2) is 18.6 Å². The van der Waals surface area contributed by atoms with Crippen LogP contribution in [0.2, 0.25) is 0 Å². The van der Waals surface area contributed by atoms with Crippen molar-refractivity contribution >= 4 is 11.7 Å². The van der Waals surface area contributed by atoms with E-state index in [4.69, 9.17) is 0 Å². The minimum Gasteiger partial charge on any atom is -0.352 e. The highest BCUT2D eigenvalue weighted by Crippen LogP contribution is 2.30. The molecular formula is C18H27N5O. The first-order valence-electron chi connectivity index (χ1n) is 9.35. The first-order valence-corrected chi connectivity index (χ1v) is 9.35. The molecule has 0 radical (unpaired) electrons. The van der Waals surface area contributed by atoms with E-state index in [1.54, 1.807) is 18.6 Å². The van der Waals surface area contributed by atoms with Crippen molar-refractivity contribution in [1.82, 2.24) is 19.8 Å². The van der Waals surface area contributed by atoms with Crippen LogP contribution in [0, 0.1) is 5.92 Å². The van der Waals surface area contributed by atoms with E-state index in [1.165, 1.54) is 32.2 Å². The van der Waals surface area contributed by atoms with E-state index in [0.29, 0.717) is 5.91 Å². The van der Waals surface area contributed by atoms with Gasteiger partial charge in [0.2, 0.25) is 5.91 Å². The van der Waals surface area contributed by atoms with Crippen LogP contribution in [0.3, 0.4) is 0 Å². The number of aromatic nitrogens is 2. The van der Waals surface area contributed by atoms with Crippen molar-refractivity contribution in [1.29, 1.82) is 0 Å². The Morgan fingerprint density at radius 1 is 1.00 bits per heavy atom. The maximum absolute atomic E-state index is 12.9. The number of piperazine rings is 1. The molecule has 3 fully saturated rings. The predicted octanol–water partition coefficient (Wildman–Crippen LogP) is 1.39. The fraction of sp³-hybridized carbons (Fsp3) is 0.722. The van der Waals surface area contributed by atoms with Crippen LogP contribution in [0.1, 0.15) is 32.1 Å². The summed E-state index contributed by atoms with van der Waals surface area (Å²) in [6, 6.07) is 0.758. The standard InChI is InChI=1S/C18H27N5O/c24-18(15-3-2-8-23(14-15)16-4-1-5-16)22-11-9-21(10-12-22)17-13-19-6-7-20-17/h6-7,13,15-16H,1-5,8-12,14H2. The average Bonchev–Trinajstić information content (AvgIpc) is 2.61. The highest BCUT2D eigenvalue weighted by atomic mass is 16.2. The number of hydrogen-bond acceptors (Lipinski definition) is 5. The molecule has 3 heterocycles. The third-order valence-electron chi connectivity index (χ3n) is 5.86. The topological polar surface area (TPSA) is 52.6 Å². The summed E-state index contributed by atoms with van der Waals surface area (Å²) in [4.78, 5) is 28.3. The summed E-state index contributed by atoms with van der Waals surface area (Å²) < 4.78 is 0. The van der Waals surface area contributed by atoms with Crippen LogP contribution in [-0.4, -0.2) is 71.0 Å². The third-order valence-corrected chi connectivity index (χ3v) is 5.86. The van der Waals surface area contributed by atoms with E-state index in [1.807, 2.05) is 0 Å². The minimum atomic E-state index is 0.211. The fourth-order valence-corrected chi connectivity index (χ4v) is 4.16. The highest BCUT2D eigenvalue weighted by Gasteiger charge is 2.34. The van der Waals surface area contributed by atoms with E-state index >= 15 is 0 Å². The van der Waals surface area contributed by atoms with Gasteiger partial charge in [-0.05, 0) is 32.2 Å². The number of nitrogens with zero attached hydrogens (tertiary/aromatic N) is 5. The fourth-order valence-electron chi connectivity index (χ4n) is 4.16. The molecule has 0 spiro atoms. The summed E-state index contributed by atoms with van der Waals surface area (Å²) in [5.41, 5.74) is 0. The average molecular weight is 329 g/mol. The molecule has 6 heteroatoms. The molecule has 130 valence electrons. The van der Waals surface area contributed by atoms with Crippen molar-refractivity contribution in [3.8, 4) is 0 Å². The molecule has 6 nitrogen and oxygen atoms in total. The largest absolute Gasteiger partial charge is 0.352 e. The van der Waals surface area contributed by atoms with Gasteiger partial charge in [-0.1, -0.05) is 6.42 Å². The van der Waals surface area contributed by atoms with Gasteiger partial charge in [0, 0.05) is 51.2 Å². The van der Waals surface area contributed by atoms with Crippen molar-refractivity contribution in [2.45, 2.75) is 38.1 Å². The van der Waals surface area contributed by atoms with Crippen molar-refractivity contribution < 1.29 is 4.79 Å². The number of anilines is 1. The van der Waals surface area contributed by atoms with Gasteiger partial charge < -0.3 is 9.80 Å². The van der Waals surface area contributed by atoms with Crippen molar-refractivity contribution in [2.24, 2.45) is 5.92 Å². The zero-order valence-corrected chi connectivity index (χ0v) is 14.3. The van der Waals surface area contributed by atoms with Gasteiger partial charge in [-0.2, -0.15) is 0 Å². The number of hydrogen-bond donors (Lipinski definition) is 0. The summed E-state index contributed by atoms with van der Waals surface area (Å²) in [6.07, 6.45) is 11.5. The summed E-state index contributed by atoms with van der Waals surface area (Å²) in [6.45, 7) is 5.47.